The van der Waals surface area contributed by atoms with Crippen molar-refractivity contribution in [1.82, 2.24) is 14.9 Å². The SMILES string of the molecule is Cc1cnc([C@@H]2COCCN2C(=O)Cc2ccsc2)[nH]1. The van der Waals surface area contributed by atoms with Crippen LogP contribution in [0.4, 0.5) is 0 Å². The fourth-order valence-corrected chi connectivity index (χ4v) is 3.07. The topological polar surface area (TPSA) is 58.2 Å². The first-order valence-corrected chi connectivity index (χ1v) is 7.58. The number of aryl methyl sites for hydroxylation is 1. The Morgan fingerprint density at radius 3 is 3.25 bits per heavy atom. The molecule has 5 nitrogen and oxygen atoms in total. The van der Waals surface area contributed by atoms with E-state index in [4.69, 9.17) is 4.74 Å². The van der Waals surface area contributed by atoms with Crippen molar-refractivity contribution in [1.29, 1.82) is 0 Å². The Hall–Kier alpha value is -1.66. The van der Waals surface area contributed by atoms with Crippen molar-refractivity contribution in [2.75, 3.05) is 19.8 Å². The highest BCUT2D eigenvalue weighted by molar-refractivity contribution is 7.07. The van der Waals surface area contributed by atoms with Gasteiger partial charge in [0.25, 0.3) is 0 Å². The van der Waals surface area contributed by atoms with Crippen LogP contribution in [0.25, 0.3) is 0 Å². The molecule has 1 N–H and O–H groups in total. The van der Waals surface area contributed by atoms with Crippen molar-refractivity contribution in [3.8, 4) is 0 Å². The van der Waals surface area contributed by atoms with Crippen LogP contribution < -0.4 is 0 Å². The lowest BCUT2D eigenvalue weighted by Crippen LogP contribution is -2.44. The Morgan fingerprint density at radius 2 is 2.55 bits per heavy atom. The summed E-state index contributed by atoms with van der Waals surface area (Å²) in [6.07, 6.45) is 2.23. The summed E-state index contributed by atoms with van der Waals surface area (Å²) in [5.74, 6) is 0.937. The lowest BCUT2D eigenvalue weighted by Gasteiger charge is -2.34. The molecule has 20 heavy (non-hydrogen) atoms. The highest BCUT2D eigenvalue weighted by atomic mass is 32.1. The van der Waals surface area contributed by atoms with Crippen molar-refractivity contribution in [2.24, 2.45) is 0 Å². The molecule has 0 aromatic carbocycles. The molecule has 1 atom stereocenters. The predicted octanol–water partition coefficient (Wildman–Crippen LogP) is 1.92. The van der Waals surface area contributed by atoms with Crippen LogP contribution in [0.3, 0.4) is 0 Å². The lowest BCUT2D eigenvalue weighted by atomic mass is 10.1. The maximum atomic E-state index is 12.5. The fraction of sp³-hybridized carbons (Fsp3) is 0.429. The van der Waals surface area contributed by atoms with Gasteiger partial charge in [-0.15, -0.1) is 0 Å². The number of H-pyrrole nitrogens is 1. The van der Waals surface area contributed by atoms with E-state index in [1.807, 2.05) is 28.7 Å². The molecule has 6 heteroatoms. The molecule has 0 radical (unpaired) electrons. The average molecular weight is 291 g/mol. The summed E-state index contributed by atoms with van der Waals surface area (Å²) in [6, 6.07) is 1.89. The number of morpholine rings is 1. The van der Waals surface area contributed by atoms with E-state index in [2.05, 4.69) is 9.97 Å². The van der Waals surface area contributed by atoms with Gasteiger partial charge in [0, 0.05) is 18.4 Å². The molecule has 106 valence electrons. The van der Waals surface area contributed by atoms with Crippen molar-refractivity contribution < 1.29 is 9.53 Å². The minimum absolute atomic E-state index is 0.108. The van der Waals surface area contributed by atoms with Crippen molar-refractivity contribution in [2.45, 2.75) is 19.4 Å². The van der Waals surface area contributed by atoms with Gasteiger partial charge < -0.3 is 14.6 Å². The van der Waals surface area contributed by atoms with Crippen LogP contribution in [0.2, 0.25) is 0 Å². The zero-order valence-corrected chi connectivity index (χ0v) is 12.2. The van der Waals surface area contributed by atoms with Gasteiger partial charge in [0.05, 0.1) is 19.6 Å². The number of nitrogens with one attached hydrogen (secondary N) is 1. The van der Waals surface area contributed by atoms with Crippen molar-refractivity contribution in [3.05, 3.63) is 40.1 Å². The van der Waals surface area contributed by atoms with Crippen molar-refractivity contribution >= 4 is 17.2 Å². The second-order valence-electron chi connectivity index (χ2n) is 4.94. The van der Waals surface area contributed by atoms with Crippen molar-refractivity contribution in [3.63, 3.8) is 0 Å². The number of aromatic amines is 1. The summed E-state index contributed by atoms with van der Waals surface area (Å²) in [7, 11) is 0. The van der Waals surface area contributed by atoms with Gasteiger partial charge in [0.15, 0.2) is 0 Å². The Bertz CT molecular complexity index is 579. The molecule has 3 rings (SSSR count). The van der Waals surface area contributed by atoms with E-state index in [1.54, 1.807) is 17.5 Å². The van der Waals surface area contributed by atoms with Gasteiger partial charge in [-0.3, -0.25) is 4.79 Å². The van der Waals surface area contributed by atoms with E-state index >= 15 is 0 Å². The van der Waals surface area contributed by atoms with Crippen LogP contribution in [0.5, 0.6) is 0 Å². The minimum Gasteiger partial charge on any atom is -0.377 e. The first-order valence-electron chi connectivity index (χ1n) is 6.64. The number of ether oxygens (including phenoxy) is 1. The third-order valence-electron chi connectivity index (χ3n) is 3.42. The number of nitrogens with zero attached hydrogens (tertiary/aromatic N) is 2. The minimum atomic E-state index is -0.108. The Balaban J connectivity index is 1.76. The highest BCUT2D eigenvalue weighted by Gasteiger charge is 2.30. The van der Waals surface area contributed by atoms with E-state index in [0.717, 1.165) is 17.1 Å². The molecule has 0 spiro atoms. The molecule has 1 fully saturated rings. The molecule has 1 saturated heterocycles. The van der Waals surface area contributed by atoms with Gasteiger partial charge in [-0.25, -0.2) is 4.98 Å². The van der Waals surface area contributed by atoms with Crippen LogP contribution in [0.1, 0.15) is 23.1 Å². The summed E-state index contributed by atoms with van der Waals surface area (Å²) < 4.78 is 5.51. The van der Waals surface area contributed by atoms with Gasteiger partial charge in [-0.05, 0) is 29.3 Å². The maximum absolute atomic E-state index is 12.5. The smallest absolute Gasteiger partial charge is 0.227 e. The number of thiophene rings is 1. The predicted molar refractivity (Wildman–Crippen MR) is 76.6 cm³/mol. The zero-order valence-electron chi connectivity index (χ0n) is 11.3. The number of amides is 1. The van der Waals surface area contributed by atoms with E-state index in [-0.39, 0.29) is 11.9 Å². The number of hydrogen-bond donors (Lipinski definition) is 1. The van der Waals surface area contributed by atoms with Gasteiger partial charge in [-0.1, -0.05) is 0 Å². The molecule has 0 bridgehead atoms. The molecule has 0 aliphatic carbocycles. The van der Waals surface area contributed by atoms with Gasteiger partial charge in [-0.2, -0.15) is 11.3 Å². The third-order valence-corrected chi connectivity index (χ3v) is 4.15. The molecule has 0 unspecified atom stereocenters. The summed E-state index contributed by atoms with van der Waals surface area (Å²) in [5, 5.41) is 4.01. The number of carbonyl (C=O) groups excluding carboxylic acids is 1. The van der Waals surface area contributed by atoms with Crippen LogP contribution in [-0.4, -0.2) is 40.5 Å². The Kier molecular flexibility index (Phi) is 3.84. The summed E-state index contributed by atoms with van der Waals surface area (Å²) >= 11 is 1.61. The summed E-state index contributed by atoms with van der Waals surface area (Å²) in [5.41, 5.74) is 2.07. The van der Waals surface area contributed by atoms with Gasteiger partial charge in [0.1, 0.15) is 11.9 Å². The summed E-state index contributed by atoms with van der Waals surface area (Å²) in [6.45, 7) is 3.67. The molecule has 3 heterocycles. The van der Waals surface area contributed by atoms with Crippen LogP contribution in [0.15, 0.2) is 23.0 Å². The number of imidazole rings is 1. The monoisotopic (exact) mass is 291 g/mol. The van der Waals surface area contributed by atoms with E-state index < -0.39 is 0 Å². The summed E-state index contributed by atoms with van der Waals surface area (Å²) in [4.78, 5) is 21.9. The molecule has 0 saturated carbocycles. The number of aromatic nitrogens is 2. The second kappa shape index (κ2) is 5.76. The fourth-order valence-electron chi connectivity index (χ4n) is 2.40. The largest absolute Gasteiger partial charge is 0.377 e. The third kappa shape index (κ3) is 2.76. The van der Waals surface area contributed by atoms with Crippen LogP contribution in [0, 0.1) is 6.92 Å². The Morgan fingerprint density at radius 1 is 1.65 bits per heavy atom. The zero-order chi connectivity index (χ0) is 13.9. The molecule has 2 aromatic rings. The molecular weight excluding hydrogens is 274 g/mol. The van der Waals surface area contributed by atoms with Crippen LogP contribution in [-0.2, 0) is 16.0 Å². The average Bonchev–Trinajstić information content (AvgIpc) is 3.10. The van der Waals surface area contributed by atoms with Gasteiger partial charge in [0.2, 0.25) is 5.91 Å². The molecule has 1 aliphatic rings. The van der Waals surface area contributed by atoms with Crippen LogP contribution >= 0.6 is 11.3 Å². The molecule has 2 aromatic heterocycles. The number of rotatable bonds is 3. The molecule has 1 aliphatic heterocycles. The maximum Gasteiger partial charge on any atom is 0.227 e. The lowest BCUT2D eigenvalue weighted by molar-refractivity contribution is -0.139. The molecular formula is C14H17N3O2S. The standard InChI is InChI=1S/C14H17N3O2S/c1-10-7-15-14(16-10)12-8-19-4-3-17(12)13(18)6-11-2-5-20-9-11/h2,5,7,9,12H,3-4,6,8H2,1H3,(H,15,16)/t12-/m0/s1. The van der Waals surface area contributed by atoms with E-state index in [9.17, 15) is 4.79 Å². The van der Waals surface area contributed by atoms with E-state index in [0.29, 0.717) is 26.2 Å². The number of carbonyl (C=O) groups is 1. The molecule has 1 amide bonds. The highest BCUT2D eigenvalue weighted by Crippen LogP contribution is 2.23. The first-order chi connectivity index (χ1) is 9.74. The quantitative estimate of drug-likeness (QED) is 0.940. The number of hydrogen-bond acceptors (Lipinski definition) is 4. The van der Waals surface area contributed by atoms with E-state index in [1.165, 1.54) is 0 Å². The second-order valence-corrected chi connectivity index (χ2v) is 5.72. The Labute approximate surface area is 121 Å². The first kappa shape index (κ1) is 13.3. The van der Waals surface area contributed by atoms with Gasteiger partial charge >= 0.3 is 0 Å². The normalized spacial score (nSPS) is 19.2.